The molecule has 3 N–H and O–H groups in total. The van der Waals surface area contributed by atoms with Gasteiger partial charge in [0.05, 0.1) is 0 Å². The molecule has 1 aromatic heterocycles. The summed E-state index contributed by atoms with van der Waals surface area (Å²) in [5, 5.41) is 17.4. The van der Waals surface area contributed by atoms with Crippen molar-refractivity contribution < 1.29 is 14.4 Å². The third kappa shape index (κ3) is 6.69. The zero-order valence-electron chi connectivity index (χ0n) is 17.5. The second-order valence-corrected chi connectivity index (χ2v) is 9.17. The molecule has 0 aliphatic carbocycles. The number of nitrogens with zero attached hydrogens (tertiary/aromatic N) is 2. The van der Waals surface area contributed by atoms with Gasteiger partial charge in [0.25, 0.3) is 11.8 Å². The Kier molecular flexibility index (Phi) is 8.07. The molecule has 0 spiro atoms. The number of carbonyl (C=O) groups excluding carboxylic acids is 3. The van der Waals surface area contributed by atoms with Gasteiger partial charge in [0.2, 0.25) is 11.0 Å². The molecule has 0 saturated carbocycles. The summed E-state index contributed by atoms with van der Waals surface area (Å²) in [6.07, 6.45) is 0.498. The standard InChI is InChI=1S/C22H22BrN5O3S/c1-13(2)19(29)25-17-8-6-14(7-9-17)21(31)26-22-28-27-18(32-22)10-11-24-20(30)15-4-3-5-16(23)12-15/h3-9,12-13H,10-11H2,1-2H3,(H,24,30)(H,25,29)(H,26,28,31). The SMILES string of the molecule is CC(C)C(=O)Nc1ccc(C(=O)Nc2nnc(CCNC(=O)c3cccc(Br)c3)s2)cc1. The van der Waals surface area contributed by atoms with Crippen LogP contribution >= 0.6 is 27.3 Å². The lowest BCUT2D eigenvalue weighted by Crippen LogP contribution is -2.25. The van der Waals surface area contributed by atoms with E-state index in [1.165, 1.54) is 11.3 Å². The summed E-state index contributed by atoms with van der Waals surface area (Å²) in [5.74, 6) is -0.704. The maximum atomic E-state index is 12.4. The smallest absolute Gasteiger partial charge is 0.257 e. The number of amides is 3. The Morgan fingerprint density at radius 2 is 1.72 bits per heavy atom. The average Bonchev–Trinajstić information content (AvgIpc) is 3.21. The molecule has 0 saturated heterocycles. The second kappa shape index (κ2) is 11.0. The summed E-state index contributed by atoms with van der Waals surface area (Å²) in [4.78, 5) is 36.3. The Morgan fingerprint density at radius 3 is 2.41 bits per heavy atom. The van der Waals surface area contributed by atoms with Gasteiger partial charge in [-0.25, -0.2) is 0 Å². The normalized spacial score (nSPS) is 10.6. The third-order valence-electron chi connectivity index (χ3n) is 4.34. The molecule has 3 amide bonds. The minimum absolute atomic E-state index is 0.0866. The van der Waals surface area contributed by atoms with Crippen molar-refractivity contribution in [3.8, 4) is 0 Å². The van der Waals surface area contributed by atoms with E-state index in [9.17, 15) is 14.4 Å². The van der Waals surface area contributed by atoms with Gasteiger partial charge in [-0.2, -0.15) is 0 Å². The van der Waals surface area contributed by atoms with Gasteiger partial charge >= 0.3 is 0 Å². The van der Waals surface area contributed by atoms with Gasteiger partial charge in [0.1, 0.15) is 5.01 Å². The summed E-state index contributed by atoms with van der Waals surface area (Å²) >= 11 is 4.60. The van der Waals surface area contributed by atoms with Crippen molar-refractivity contribution in [2.75, 3.05) is 17.2 Å². The molecule has 0 aliphatic heterocycles. The van der Waals surface area contributed by atoms with Gasteiger partial charge in [-0.1, -0.05) is 47.2 Å². The zero-order chi connectivity index (χ0) is 23.1. The van der Waals surface area contributed by atoms with Gasteiger partial charge in [0, 0.05) is 40.2 Å². The Bertz CT molecular complexity index is 1110. The first-order valence-electron chi connectivity index (χ1n) is 9.90. The molecule has 32 heavy (non-hydrogen) atoms. The molecule has 3 rings (SSSR count). The predicted octanol–water partition coefficient (Wildman–Crippen LogP) is 4.12. The molecule has 0 fully saturated rings. The minimum Gasteiger partial charge on any atom is -0.352 e. The Hall–Kier alpha value is -3.11. The molecule has 0 radical (unpaired) electrons. The largest absolute Gasteiger partial charge is 0.352 e. The van der Waals surface area contributed by atoms with Crippen molar-refractivity contribution in [2.45, 2.75) is 20.3 Å². The topological polar surface area (TPSA) is 113 Å². The zero-order valence-corrected chi connectivity index (χ0v) is 19.9. The highest BCUT2D eigenvalue weighted by Crippen LogP contribution is 2.18. The minimum atomic E-state index is -0.322. The van der Waals surface area contributed by atoms with E-state index in [1.807, 2.05) is 19.9 Å². The number of anilines is 2. The first-order valence-corrected chi connectivity index (χ1v) is 11.5. The van der Waals surface area contributed by atoms with Crippen LogP contribution in [0.1, 0.15) is 39.6 Å². The number of aromatic nitrogens is 2. The van der Waals surface area contributed by atoms with E-state index in [1.54, 1.807) is 42.5 Å². The Balaban J connectivity index is 1.48. The number of carbonyl (C=O) groups is 3. The van der Waals surface area contributed by atoms with Crippen LogP contribution in [0.15, 0.2) is 53.0 Å². The average molecular weight is 516 g/mol. The van der Waals surface area contributed by atoms with E-state index in [0.717, 1.165) is 4.47 Å². The van der Waals surface area contributed by atoms with E-state index in [-0.39, 0.29) is 23.6 Å². The maximum absolute atomic E-state index is 12.4. The van der Waals surface area contributed by atoms with E-state index < -0.39 is 0 Å². The number of benzene rings is 2. The fourth-order valence-corrected chi connectivity index (χ4v) is 3.71. The van der Waals surface area contributed by atoms with Gasteiger partial charge in [-0.3, -0.25) is 19.7 Å². The number of hydrogen-bond donors (Lipinski definition) is 3. The number of hydrogen-bond acceptors (Lipinski definition) is 6. The monoisotopic (exact) mass is 515 g/mol. The van der Waals surface area contributed by atoms with Gasteiger partial charge in [-0.05, 0) is 42.5 Å². The molecule has 0 bridgehead atoms. The second-order valence-electron chi connectivity index (χ2n) is 7.19. The Labute approximate surface area is 198 Å². The molecular formula is C22H22BrN5O3S. The van der Waals surface area contributed by atoms with Crippen LogP contribution in [0.5, 0.6) is 0 Å². The Morgan fingerprint density at radius 1 is 0.969 bits per heavy atom. The van der Waals surface area contributed by atoms with Crippen LogP contribution in [0.4, 0.5) is 10.8 Å². The molecular weight excluding hydrogens is 494 g/mol. The van der Waals surface area contributed by atoms with Gasteiger partial charge in [-0.15, -0.1) is 10.2 Å². The van der Waals surface area contributed by atoms with Crippen molar-refractivity contribution in [1.82, 2.24) is 15.5 Å². The summed E-state index contributed by atoms with van der Waals surface area (Å²) in [5.41, 5.74) is 1.63. The first-order chi connectivity index (χ1) is 15.3. The van der Waals surface area contributed by atoms with Crippen molar-refractivity contribution in [3.05, 3.63) is 69.1 Å². The van der Waals surface area contributed by atoms with Crippen molar-refractivity contribution in [3.63, 3.8) is 0 Å². The summed E-state index contributed by atoms with van der Waals surface area (Å²) in [6.45, 7) is 4.02. The summed E-state index contributed by atoms with van der Waals surface area (Å²) in [7, 11) is 0. The fourth-order valence-electron chi connectivity index (χ4n) is 2.58. The molecule has 3 aromatic rings. The van der Waals surface area contributed by atoms with E-state index in [4.69, 9.17) is 0 Å². The van der Waals surface area contributed by atoms with Crippen molar-refractivity contribution >= 4 is 55.8 Å². The van der Waals surface area contributed by atoms with E-state index in [2.05, 4.69) is 42.1 Å². The first kappa shape index (κ1) is 23.6. The highest BCUT2D eigenvalue weighted by Gasteiger charge is 2.12. The van der Waals surface area contributed by atoms with Crippen LogP contribution in [-0.4, -0.2) is 34.5 Å². The van der Waals surface area contributed by atoms with Crippen molar-refractivity contribution in [1.29, 1.82) is 0 Å². The lowest BCUT2D eigenvalue weighted by atomic mass is 10.1. The van der Waals surface area contributed by atoms with Crippen LogP contribution in [0.25, 0.3) is 0 Å². The number of halogens is 1. The van der Waals surface area contributed by atoms with Gasteiger partial charge in [0.15, 0.2) is 0 Å². The molecule has 0 atom stereocenters. The van der Waals surface area contributed by atoms with Crippen LogP contribution in [-0.2, 0) is 11.2 Å². The van der Waals surface area contributed by atoms with Crippen LogP contribution in [0, 0.1) is 5.92 Å². The van der Waals surface area contributed by atoms with Crippen LogP contribution in [0.3, 0.4) is 0 Å². The lowest BCUT2D eigenvalue weighted by Gasteiger charge is -2.08. The summed E-state index contributed by atoms with van der Waals surface area (Å²) in [6, 6.07) is 13.8. The molecule has 166 valence electrons. The molecule has 0 unspecified atom stereocenters. The van der Waals surface area contributed by atoms with E-state index in [0.29, 0.717) is 39.9 Å². The lowest BCUT2D eigenvalue weighted by molar-refractivity contribution is -0.118. The predicted molar refractivity (Wildman–Crippen MR) is 128 cm³/mol. The van der Waals surface area contributed by atoms with Crippen molar-refractivity contribution in [2.24, 2.45) is 5.92 Å². The van der Waals surface area contributed by atoms with Crippen LogP contribution in [0.2, 0.25) is 0 Å². The molecule has 10 heteroatoms. The summed E-state index contributed by atoms with van der Waals surface area (Å²) < 4.78 is 0.838. The molecule has 2 aromatic carbocycles. The van der Waals surface area contributed by atoms with Gasteiger partial charge < -0.3 is 10.6 Å². The number of nitrogens with one attached hydrogen (secondary N) is 3. The highest BCUT2D eigenvalue weighted by molar-refractivity contribution is 9.10. The maximum Gasteiger partial charge on any atom is 0.257 e. The fraction of sp³-hybridized carbons (Fsp3) is 0.227. The van der Waals surface area contributed by atoms with Crippen LogP contribution < -0.4 is 16.0 Å². The molecule has 1 heterocycles. The highest BCUT2D eigenvalue weighted by atomic mass is 79.9. The van der Waals surface area contributed by atoms with E-state index >= 15 is 0 Å². The quantitative estimate of drug-likeness (QED) is 0.417. The molecule has 8 nitrogen and oxygen atoms in total. The number of rotatable bonds is 8. The molecule has 0 aliphatic rings. The third-order valence-corrected chi connectivity index (χ3v) is 5.73.